The van der Waals surface area contributed by atoms with Crippen LogP contribution >= 0.6 is 23.2 Å². The molecule has 2 aliphatic rings. The minimum atomic E-state index is -1.68. The Bertz CT molecular complexity index is 1710. The third kappa shape index (κ3) is 3.41. The number of methoxy groups -OCH3 is 1. The van der Waals surface area contributed by atoms with Crippen molar-refractivity contribution in [1.82, 2.24) is 9.78 Å². The zero-order chi connectivity index (χ0) is 27.8. The van der Waals surface area contributed by atoms with Gasteiger partial charge in [0.25, 0.3) is 11.8 Å². The number of aryl methyl sites for hydroxylation is 1. The lowest BCUT2D eigenvalue weighted by Crippen LogP contribution is -2.50. The average Bonchev–Trinajstić information content (AvgIpc) is 3.49. The molecule has 39 heavy (non-hydrogen) atoms. The highest BCUT2D eigenvalue weighted by Gasteiger charge is 2.64. The number of hydrogen-bond donors (Lipinski definition) is 2. The molecule has 0 aliphatic carbocycles. The number of phenols is 1. The van der Waals surface area contributed by atoms with Crippen LogP contribution in [0.15, 0.2) is 54.6 Å². The normalized spacial score (nSPS) is 17.7. The molecule has 3 heterocycles. The van der Waals surface area contributed by atoms with E-state index in [0.29, 0.717) is 44.0 Å². The monoisotopic (exact) mass is 562 g/mol. The lowest BCUT2D eigenvalue weighted by Gasteiger charge is -2.35. The van der Waals surface area contributed by atoms with Gasteiger partial charge in [0.1, 0.15) is 17.2 Å². The number of phenolic OH excluding ortho intramolecular Hbond substituents is 1. The summed E-state index contributed by atoms with van der Waals surface area (Å²) in [6, 6.07) is 15.1. The van der Waals surface area contributed by atoms with Crippen molar-refractivity contribution in [2.45, 2.75) is 32.2 Å². The van der Waals surface area contributed by atoms with E-state index in [2.05, 4.69) is 5.32 Å². The van der Waals surface area contributed by atoms with Crippen molar-refractivity contribution in [1.29, 1.82) is 0 Å². The Morgan fingerprint density at radius 1 is 1.00 bits per heavy atom. The second kappa shape index (κ2) is 8.76. The van der Waals surface area contributed by atoms with Gasteiger partial charge in [-0.1, -0.05) is 49.2 Å². The van der Waals surface area contributed by atoms with E-state index in [1.807, 2.05) is 39.0 Å². The third-order valence-electron chi connectivity index (χ3n) is 7.26. The quantitative estimate of drug-likeness (QED) is 0.309. The SMILES string of the molecule is COc1ccc(C)cc1-n1nc2c(c1C(C)C)C1(C(=O)Nc3cc(Cl)ccc31)N(c1cc(Cl)ccc1O)C2=O. The van der Waals surface area contributed by atoms with Gasteiger partial charge in [0.15, 0.2) is 11.2 Å². The second-order valence-electron chi connectivity index (χ2n) is 9.98. The number of fused-ring (bicyclic) bond motifs is 4. The molecule has 0 fully saturated rings. The molecule has 4 aromatic rings. The fourth-order valence-corrected chi connectivity index (χ4v) is 6.03. The first-order valence-electron chi connectivity index (χ1n) is 12.3. The summed E-state index contributed by atoms with van der Waals surface area (Å²) in [6.45, 7) is 5.91. The molecule has 1 spiro atoms. The maximum absolute atomic E-state index is 14.3. The van der Waals surface area contributed by atoms with Crippen molar-refractivity contribution in [3.05, 3.63) is 92.7 Å². The minimum absolute atomic E-state index is 0.0952. The van der Waals surface area contributed by atoms with Crippen LogP contribution in [0.4, 0.5) is 11.4 Å². The highest BCUT2D eigenvalue weighted by molar-refractivity contribution is 6.32. The summed E-state index contributed by atoms with van der Waals surface area (Å²) < 4.78 is 7.34. The van der Waals surface area contributed by atoms with Crippen LogP contribution in [0.3, 0.4) is 0 Å². The van der Waals surface area contributed by atoms with Crippen molar-refractivity contribution in [2.24, 2.45) is 0 Å². The van der Waals surface area contributed by atoms with Gasteiger partial charge in [-0.15, -0.1) is 0 Å². The topological polar surface area (TPSA) is 96.7 Å². The molecule has 0 saturated heterocycles. The number of ether oxygens (including phenoxy) is 1. The number of rotatable bonds is 4. The molecule has 0 saturated carbocycles. The summed E-state index contributed by atoms with van der Waals surface area (Å²) in [4.78, 5) is 29.9. The molecular formula is C29H24Cl2N4O4. The number of nitrogens with zero attached hydrogens (tertiary/aromatic N) is 3. The summed E-state index contributed by atoms with van der Waals surface area (Å²) >= 11 is 12.6. The molecule has 0 radical (unpaired) electrons. The number of hydrogen-bond acceptors (Lipinski definition) is 5. The standard InChI is InChI=1S/C29H24Cl2N4O4/c1-14(2)26-24-25(33-35(26)21-11-15(3)5-10-23(21)39-4)27(37)34(20-13-17(31)7-9-22(20)36)29(24)18-8-6-16(30)12-19(18)32-28(29)38/h5-14,36H,1-4H3,(H,32,38). The Kier molecular flexibility index (Phi) is 5.68. The van der Waals surface area contributed by atoms with Crippen molar-refractivity contribution in [2.75, 3.05) is 17.3 Å². The van der Waals surface area contributed by atoms with Crippen LogP contribution in [-0.2, 0) is 10.3 Å². The van der Waals surface area contributed by atoms with Gasteiger partial charge in [0, 0.05) is 26.9 Å². The predicted octanol–water partition coefficient (Wildman–Crippen LogP) is 6.18. The Morgan fingerprint density at radius 2 is 1.72 bits per heavy atom. The number of carbonyl (C=O) groups excluding carboxylic acids is 2. The van der Waals surface area contributed by atoms with Gasteiger partial charge < -0.3 is 15.2 Å². The Morgan fingerprint density at radius 3 is 2.44 bits per heavy atom. The molecular weight excluding hydrogens is 539 g/mol. The zero-order valence-electron chi connectivity index (χ0n) is 21.5. The Balaban J connectivity index is 1.75. The number of anilines is 2. The van der Waals surface area contributed by atoms with Crippen LogP contribution in [0.1, 0.15) is 52.6 Å². The van der Waals surface area contributed by atoms with Crippen LogP contribution in [0.25, 0.3) is 5.69 Å². The third-order valence-corrected chi connectivity index (χ3v) is 7.73. The van der Waals surface area contributed by atoms with E-state index in [0.717, 1.165) is 5.56 Å². The fourth-order valence-electron chi connectivity index (χ4n) is 5.70. The largest absolute Gasteiger partial charge is 0.506 e. The molecule has 10 heteroatoms. The summed E-state index contributed by atoms with van der Waals surface area (Å²) in [5, 5.41) is 19.4. The molecule has 2 aliphatic heterocycles. The van der Waals surface area contributed by atoms with Crippen molar-refractivity contribution in [3.8, 4) is 17.2 Å². The molecule has 1 atom stereocenters. The average molecular weight is 563 g/mol. The maximum Gasteiger partial charge on any atom is 0.280 e. The molecule has 1 aromatic heterocycles. The van der Waals surface area contributed by atoms with Gasteiger partial charge in [0.05, 0.1) is 18.5 Å². The van der Waals surface area contributed by atoms with Crippen LogP contribution in [-0.4, -0.2) is 33.8 Å². The van der Waals surface area contributed by atoms with Crippen molar-refractivity contribution >= 4 is 46.4 Å². The number of halogens is 2. The smallest absolute Gasteiger partial charge is 0.280 e. The summed E-state index contributed by atoms with van der Waals surface area (Å²) in [7, 11) is 1.57. The Hall–Kier alpha value is -4.01. The van der Waals surface area contributed by atoms with Gasteiger partial charge in [0.2, 0.25) is 0 Å². The highest BCUT2D eigenvalue weighted by Crippen LogP contribution is 2.56. The van der Waals surface area contributed by atoms with E-state index in [-0.39, 0.29) is 23.0 Å². The number of aromatic nitrogens is 2. The van der Waals surface area contributed by atoms with Crippen LogP contribution in [0.5, 0.6) is 11.5 Å². The summed E-state index contributed by atoms with van der Waals surface area (Å²) in [5.41, 5.74) is 2.21. The van der Waals surface area contributed by atoms with Crippen molar-refractivity contribution < 1.29 is 19.4 Å². The van der Waals surface area contributed by atoms with Gasteiger partial charge >= 0.3 is 0 Å². The molecule has 198 valence electrons. The molecule has 2 N–H and O–H groups in total. The molecule has 3 aromatic carbocycles. The lowest BCUT2D eigenvalue weighted by molar-refractivity contribution is -0.119. The van der Waals surface area contributed by atoms with E-state index >= 15 is 0 Å². The van der Waals surface area contributed by atoms with E-state index in [9.17, 15) is 14.7 Å². The van der Waals surface area contributed by atoms with Gasteiger partial charge in [-0.05, 0) is 60.9 Å². The fraction of sp³-hybridized carbons (Fsp3) is 0.207. The minimum Gasteiger partial charge on any atom is -0.506 e. The predicted molar refractivity (Wildman–Crippen MR) is 150 cm³/mol. The van der Waals surface area contributed by atoms with E-state index < -0.39 is 17.4 Å². The number of carbonyl (C=O) groups is 2. The number of aromatic hydroxyl groups is 1. The van der Waals surface area contributed by atoms with E-state index in [1.165, 1.54) is 23.1 Å². The first-order valence-corrected chi connectivity index (χ1v) is 13.1. The van der Waals surface area contributed by atoms with E-state index in [1.54, 1.807) is 30.0 Å². The van der Waals surface area contributed by atoms with Crippen molar-refractivity contribution in [3.63, 3.8) is 0 Å². The zero-order valence-corrected chi connectivity index (χ0v) is 23.1. The van der Waals surface area contributed by atoms with Crippen LogP contribution < -0.4 is 15.0 Å². The first kappa shape index (κ1) is 25.3. The molecule has 0 bridgehead atoms. The van der Waals surface area contributed by atoms with Gasteiger partial charge in [-0.25, -0.2) is 4.68 Å². The Labute approximate surface area is 234 Å². The molecule has 2 amide bonds. The van der Waals surface area contributed by atoms with E-state index in [4.69, 9.17) is 33.0 Å². The molecule has 8 nitrogen and oxygen atoms in total. The number of amides is 2. The van der Waals surface area contributed by atoms with Crippen LogP contribution in [0.2, 0.25) is 10.0 Å². The number of benzene rings is 3. The highest BCUT2D eigenvalue weighted by atomic mass is 35.5. The van der Waals surface area contributed by atoms with Gasteiger partial charge in [-0.3, -0.25) is 14.5 Å². The van der Waals surface area contributed by atoms with Gasteiger partial charge in [-0.2, -0.15) is 5.10 Å². The lowest BCUT2D eigenvalue weighted by atomic mass is 9.81. The number of nitrogens with one attached hydrogen (secondary N) is 1. The second-order valence-corrected chi connectivity index (χ2v) is 10.9. The summed E-state index contributed by atoms with van der Waals surface area (Å²) in [5.74, 6) is -0.825. The van der Waals surface area contributed by atoms with Crippen LogP contribution in [0, 0.1) is 6.92 Å². The molecule has 6 rings (SSSR count). The first-order chi connectivity index (χ1) is 18.6. The maximum atomic E-state index is 14.3. The summed E-state index contributed by atoms with van der Waals surface area (Å²) in [6.07, 6.45) is 0. The molecule has 1 unspecified atom stereocenters.